The summed E-state index contributed by atoms with van der Waals surface area (Å²) in [6.45, 7) is 5.24. The summed E-state index contributed by atoms with van der Waals surface area (Å²) >= 11 is 5.30. The van der Waals surface area contributed by atoms with Gasteiger partial charge in [0.25, 0.3) is 0 Å². The minimum absolute atomic E-state index is 0.535. The predicted molar refractivity (Wildman–Crippen MR) is 119 cm³/mol. The lowest BCUT2D eigenvalue weighted by Crippen LogP contribution is -2.27. The normalized spacial score (nSPS) is 10.3. The molecule has 0 amide bonds. The van der Waals surface area contributed by atoms with Crippen LogP contribution in [0.3, 0.4) is 0 Å². The van der Waals surface area contributed by atoms with Crippen molar-refractivity contribution in [2.24, 2.45) is 0 Å². The first-order chi connectivity index (χ1) is 12.7. The molecule has 0 bridgehead atoms. The summed E-state index contributed by atoms with van der Waals surface area (Å²) in [5, 5.41) is 6.80. The zero-order chi connectivity index (χ0) is 20.3. The summed E-state index contributed by atoms with van der Waals surface area (Å²) < 4.78 is 11.8. The Labute approximate surface area is 168 Å². The summed E-state index contributed by atoms with van der Waals surface area (Å²) in [6.07, 6.45) is 0. The van der Waals surface area contributed by atoms with E-state index in [0.717, 1.165) is 27.4 Å². The molecule has 2 N–H and O–H groups in total. The molecule has 2 rings (SSSR count). The fourth-order valence-corrected chi connectivity index (χ4v) is 2.13. The highest BCUT2D eigenvalue weighted by Crippen LogP contribution is 2.18. The molecule has 27 heavy (non-hydrogen) atoms. The second-order valence-corrected chi connectivity index (χ2v) is 7.59. The zero-order valence-electron chi connectivity index (χ0n) is 17.2. The highest BCUT2D eigenvalue weighted by molar-refractivity contribution is 7.80. The number of benzene rings is 2. The second kappa shape index (κ2) is 11.4. The Morgan fingerprint density at radius 2 is 1.04 bits per heavy atom. The van der Waals surface area contributed by atoms with E-state index in [1.54, 1.807) is 0 Å². The van der Waals surface area contributed by atoms with E-state index in [1.807, 2.05) is 62.4 Å². The lowest BCUT2D eigenvalue weighted by molar-refractivity contribution is -0.849. The molecule has 0 spiro atoms. The van der Waals surface area contributed by atoms with Gasteiger partial charge >= 0.3 is 0 Å². The van der Waals surface area contributed by atoms with Crippen molar-refractivity contribution in [2.75, 3.05) is 52.0 Å². The monoisotopic (exact) mass is 390 g/mol. The Morgan fingerprint density at radius 1 is 0.741 bits per heavy atom. The Hall–Kier alpha value is -2.31. The number of nitrogens with one attached hydrogen (secondary N) is 2. The molecule has 0 aromatic heterocycles. The minimum Gasteiger partial charge on any atom is -0.494 e. The summed E-state index contributed by atoms with van der Waals surface area (Å²) in [4.78, 5) is 0. The van der Waals surface area contributed by atoms with E-state index in [1.165, 1.54) is 0 Å². The topological polar surface area (TPSA) is 42.5 Å². The fraction of sp³-hybridized carbons (Fsp3) is 0.381. The maximum atomic E-state index is 5.40. The SMILES string of the molecule is CCOc1ccc(NC(=S)Nc2ccc(OCC)cc2)cc1.C[N+](C)(C)C. The van der Waals surface area contributed by atoms with Crippen molar-refractivity contribution in [1.82, 2.24) is 0 Å². The van der Waals surface area contributed by atoms with Gasteiger partial charge in [-0.15, -0.1) is 0 Å². The molecular formula is C21H32N3O2S+. The maximum absolute atomic E-state index is 5.40. The van der Waals surface area contributed by atoms with Crippen molar-refractivity contribution in [2.45, 2.75) is 13.8 Å². The number of anilines is 2. The summed E-state index contributed by atoms with van der Waals surface area (Å²) in [5.41, 5.74) is 1.82. The fourth-order valence-electron chi connectivity index (χ4n) is 1.90. The van der Waals surface area contributed by atoms with E-state index in [-0.39, 0.29) is 0 Å². The number of hydrogen-bond donors (Lipinski definition) is 2. The summed E-state index contributed by atoms with van der Waals surface area (Å²) in [7, 11) is 8.50. The molecule has 0 aliphatic carbocycles. The van der Waals surface area contributed by atoms with E-state index < -0.39 is 0 Å². The van der Waals surface area contributed by atoms with Crippen LogP contribution < -0.4 is 20.1 Å². The average Bonchev–Trinajstić information content (AvgIpc) is 2.57. The lowest BCUT2D eigenvalue weighted by atomic mass is 10.3. The number of nitrogens with zero attached hydrogens (tertiary/aromatic N) is 1. The lowest BCUT2D eigenvalue weighted by Gasteiger charge is -2.14. The molecule has 2 aromatic carbocycles. The second-order valence-electron chi connectivity index (χ2n) is 7.18. The predicted octanol–water partition coefficient (Wildman–Crippen LogP) is 4.62. The van der Waals surface area contributed by atoms with Gasteiger partial charge in [0.05, 0.1) is 41.4 Å². The molecule has 0 saturated heterocycles. The van der Waals surface area contributed by atoms with Crippen LogP contribution in [-0.2, 0) is 0 Å². The first-order valence-corrected chi connectivity index (χ1v) is 9.44. The molecule has 0 atom stereocenters. The van der Waals surface area contributed by atoms with Gasteiger partial charge in [-0.05, 0) is 74.6 Å². The Bertz CT molecular complexity index is 621. The zero-order valence-corrected chi connectivity index (χ0v) is 18.0. The molecule has 0 radical (unpaired) electrons. The average molecular weight is 391 g/mol. The van der Waals surface area contributed by atoms with Gasteiger partial charge in [-0.25, -0.2) is 0 Å². The van der Waals surface area contributed by atoms with Gasteiger partial charge in [-0.2, -0.15) is 0 Å². The molecule has 6 heteroatoms. The highest BCUT2D eigenvalue weighted by atomic mass is 32.1. The molecule has 0 heterocycles. The number of thiocarbonyl (C=S) groups is 1. The van der Waals surface area contributed by atoms with Crippen molar-refractivity contribution in [3.05, 3.63) is 48.5 Å². The molecule has 0 fully saturated rings. The largest absolute Gasteiger partial charge is 0.494 e. The highest BCUT2D eigenvalue weighted by Gasteiger charge is 2.00. The van der Waals surface area contributed by atoms with Crippen molar-refractivity contribution in [3.8, 4) is 11.5 Å². The molecule has 0 aliphatic rings. The molecule has 2 aromatic rings. The third-order valence-corrected chi connectivity index (χ3v) is 3.05. The third kappa shape index (κ3) is 11.1. The molecular weight excluding hydrogens is 358 g/mol. The van der Waals surface area contributed by atoms with Gasteiger partial charge in [0.1, 0.15) is 11.5 Å². The van der Waals surface area contributed by atoms with Crippen LogP contribution in [0.1, 0.15) is 13.8 Å². The van der Waals surface area contributed by atoms with E-state index in [9.17, 15) is 0 Å². The smallest absolute Gasteiger partial charge is 0.175 e. The van der Waals surface area contributed by atoms with Crippen LogP contribution in [0.4, 0.5) is 11.4 Å². The van der Waals surface area contributed by atoms with E-state index >= 15 is 0 Å². The molecule has 0 saturated carbocycles. The van der Waals surface area contributed by atoms with Crippen LogP contribution in [0.5, 0.6) is 11.5 Å². The van der Waals surface area contributed by atoms with Gasteiger partial charge in [0.2, 0.25) is 0 Å². The quantitative estimate of drug-likeness (QED) is 0.557. The van der Waals surface area contributed by atoms with Crippen LogP contribution in [0.25, 0.3) is 0 Å². The maximum Gasteiger partial charge on any atom is 0.175 e. The first-order valence-electron chi connectivity index (χ1n) is 9.04. The van der Waals surface area contributed by atoms with Gasteiger partial charge in [-0.1, -0.05) is 0 Å². The van der Waals surface area contributed by atoms with Gasteiger partial charge < -0.3 is 24.6 Å². The van der Waals surface area contributed by atoms with Gasteiger partial charge in [0, 0.05) is 11.4 Å². The molecule has 5 nitrogen and oxygen atoms in total. The first kappa shape index (κ1) is 22.7. The van der Waals surface area contributed by atoms with Crippen molar-refractivity contribution >= 4 is 28.7 Å². The number of rotatable bonds is 6. The van der Waals surface area contributed by atoms with Crippen molar-refractivity contribution in [3.63, 3.8) is 0 Å². The van der Waals surface area contributed by atoms with Crippen LogP contribution in [0, 0.1) is 0 Å². The molecule has 0 aliphatic heterocycles. The van der Waals surface area contributed by atoms with Gasteiger partial charge in [-0.3, -0.25) is 0 Å². The van der Waals surface area contributed by atoms with Crippen LogP contribution in [-0.4, -0.2) is 51.0 Å². The third-order valence-electron chi connectivity index (χ3n) is 2.85. The minimum atomic E-state index is 0.535. The van der Waals surface area contributed by atoms with Crippen molar-refractivity contribution in [1.29, 1.82) is 0 Å². The van der Waals surface area contributed by atoms with Gasteiger partial charge in [0.15, 0.2) is 5.11 Å². The Morgan fingerprint density at radius 3 is 1.30 bits per heavy atom. The Kier molecular flexibility index (Phi) is 9.61. The van der Waals surface area contributed by atoms with Crippen LogP contribution >= 0.6 is 12.2 Å². The van der Waals surface area contributed by atoms with E-state index in [0.29, 0.717) is 18.3 Å². The Balaban J connectivity index is 0.000000646. The van der Waals surface area contributed by atoms with E-state index in [4.69, 9.17) is 21.7 Å². The summed E-state index contributed by atoms with van der Waals surface area (Å²) in [6, 6.07) is 15.3. The number of quaternary nitrogens is 1. The molecule has 0 unspecified atom stereocenters. The van der Waals surface area contributed by atoms with Crippen molar-refractivity contribution < 1.29 is 14.0 Å². The van der Waals surface area contributed by atoms with Crippen LogP contribution in [0.2, 0.25) is 0 Å². The molecule has 148 valence electrons. The summed E-state index contributed by atoms with van der Waals surface area (Å²) in [5.74, 6) is 1.69. The number of ether oxygens (including phenoxy) is 2. The van der Waals surface area contributed by atoms with Crippen LogP contribution in [0.15, 0.2) is 48.5 Å². The van der Waals surface area contributed by atoms with E-state index in [2.05, 4.69) is 38.8 Å². The number of hydrogen-bond acceptors (Lipinski definition) is 3. The standard InChI is InChI=1S/C17H20N2O2S.C4H12N/c1-3-20-15-9-5-13(6-10-15)18-17(22)19-14-7-11-16(12-8-14)21-4-2;1-5(2,3)4/h5-12H,3-4H2,1-2H3,(H2,18,19,22);1-4H3/q;+1.